The lowest BCUT2D eigenvalue weighted by molar-refractivity contribution is -0.140. The van der Waals surface area contributed by atoms with Crippen molar-refractivity contribution in [3.05, 3.63) is 59.7 Å². The molecular formula is C32H38N8O2S3. The third-order valence-electron chi connectivity index (χ3n) is 7.16. The third kappa shape index (κ3) is 9.90. The van der Waals surface area contributed by atoms with Crippen LogP contribution in [0, 0.1) is 13.8 Å². The first-order valence-corrected chi connectivity index (χ1v) is 17.9. The van der Waals surface area contributed by atoms with Gasteiger partial charge in [-0.2, -0.15) is 0 Å². The minimum absolute atomic E-state index is 0.203. The van der Waals surface area contributed by atoms with Gasteiger partial charge in [0.15, 0.2) is 4.34 Å². The van der Waals surface area contributed by atoms with Crippen molar-refractivity contribution in [2.45, 2.75) is 63.6 Å². The van der Waals surface area contributed by atoms with E-state index in [1.165, 1.54) is 40.9 Å². The van der Waals surface area contributed by atoms with Crippen LogP contribution in [0.25, 0.3) is 0 Å². The summed E-state index contributed by atoms with van der Waals surface area (Å²) < 4.78 is 5.93. The normalized spacial score (nSPS) is 13.4. The molecule has 2 aromatic heterocycles. The molecule has 1 aliphatic heterocycles. The molecule has 5 rings (SSSR count). The predicted molar refractivity (Wildman–Crippen MR) is 185 cm³/mol. The molecule has 13 heteroatoms. The highest BCUT2D eigenvalue weighted by atomic mass is 32.2. The Morgan fingerprint density at radius 3 is 2.60 bits per heavy atom. The molecule has 1 aliphatic rings. The standard InChI is InChI=1S/C32H38N8O2S3/c1-4-5-6-9-18-42-30(41)21-43-32-39-38-31(45-32)37-35-27-13-10-24(19-23(27)3)33-26-12-11-25(20-22(26)2)34-36-28-14-15-29(44-28)40-16-7-8-17-40/h10-15,19-20,33H,4-9,16-18,21H2,1-3H3. The Hall–Kier alpha value is -3.68. The highest BCUT2D eigenvalue weighted by molar-refractivity contribution is 8.01. The lowest BCUT2D eigenvalue weighted by Crippen LogP contribution is -2.15. The second-order valence-corrected chi connectivity index (χ2v) is 14.0. The molecule has 1 fully saturated rings. The summed E-state index contributed by atoms with van der Waals surface area (Å²) in [6.07, 6.45) is 6.82. The fraction of sp³-hybridized carbons (Fsp3) is 0.406. The Bertz CT molecular complexity index is 1630. The number of anilines is 3. The number of azo groups is 2. The van der Waals surface area contributed by atoms with Gasteiger partial charge in [-0.25, -0.2) is 0 Å². The van der Waals surface area contributed by atoms with Crippen molar-refractivity contribution in [2.24, 2.45) is 20.5 Å². The summed E-state index contributed by atoms with van der Waals surface area (Å²) in [4.78, 5) is 14.4. The molecule has 3 heterocycles. The number of hydrogen-bond acceptors (Lipinski definition) is 13. The van der Waals surface area contributed by atoms with Gasteiger partial charge in [0.05, 0.1) is 28.7 Å². The number of hydrogen-bond donors (Lipinski definition) is 1. The van der Waals surface area contributed by atoms with Crippen molar-refractivity contribution in [3.8, 4) is 0 Å². The molecule has 1 saturated heterocycles. The molecule has 0 unspecified atom stereocenters. The van der Waals surface area contributed by atoms with Crippen LogP contribution in [0.4, 0.5) is 37.9 Å². The Morgan fingerprint density at radius 1 is 0.933 bits per heavy atom. The van der Waals surface area contributed by atoms with Gasteiger partial charge in [-0.1, -0.05) is 60.6 Å². The van der Waals surface area contributed by atoms with E-state index in [-0.39, 0.29) is 11.7 Å². The van der Waals surface area contributed by atoms with E-state index < -0.39 is 0 Å². The second-order valence-electron chi connectivity index (χ2n) is 10.8. The summed E-state index contributed by atoms with van der Waals surface area (Å²) in [6, 6.07) is 16.1. The fourth-order valence-electron chi connectivity index (χ4n) is 4.71. The number of carbonyl (C=O) groups is 1. The first-order chi connectivity index (χ1) is 22.0. The molecule has 45 heavy (non-hydrogen) atoms. The average Bonchev–Trinajstić information content (AvgIpc) is 3.82. The monoisotopic (exact) mass is 662 g/mol. The summed E-state index contributed by atoms with van der Waals surface area (Å²) in [5.74, 6) is -0.0369. The van der Waals surface area contributed by atoms with Gasteiger partial charge < -0.3 is 15.0 Å². The Kier molecular flexibility index (Phi) is 12.0. The SMILES string of the molecule is CCCCCCOC(=O)CSc1nnc(N=Nc2ccc(Nc3ccc(N=Nc4ccc(N5CCCC5)s4)cc3C)cc2C)s1. The van der Waals surface area contributed by atoms with E-state index in [0.29, 0.717) is 16.1 Å². The summed E-state index contributed by atoms with van der Waals surface area (Å²) in [7, 11) is 0. The maximum absolute atomic E-state index is 11.9. The van der Waals surface area contributed by atoms with Crippen molar-refractivity contribution >= 4 is 78.3 Å². The molecule has 0 spiro atoms. The minimum Gasteiger partial charge on any atom is -0.465 e. The summed E-state index contributed by atoms with van der Waals surface area (Å²) >= 11 is 4.28. The molecule has 1 N–H and O–H groups in total. The van der Waals surface area contributed by atoms with Crippen LogP contribution in [0.1, 0.15) is 56.6 Å². The van der Waals surface area contributed by atoms with Crippen LogP contribution in [0.5, 0.6) is 0 Å². The van der Waals surface area contributed by atoms with Crippen LogP contribution in [0.3, 0.4) is 0 Å². The van der Waals surface area contributed by atoms with E-state index in [2.05, 4.69) is 60.8 Å². The van der Waals surface area contributed by atoms with Gasteiger partial charge in [-0.05, 0) is 92.8 Å². The van der Waals surface area contributed by atoms with Gasteiger partial charge in [0.25, 0.3) is 5.13 Å². The summed E-state index contributed by atoms with van der Waals surface area (Å²) in [6.45, 7) is 8.92. The summed E-state index contributed by atoms with van der Waals surface area (Å²) in [5, 5.41) is 31.9. The number of carbonyl (C=O) groups excluding carboxylic acids is 1. The summed E-state index contributed by atoms with van der Waals surface area (Å²) in [5.41, 5.74) is 5.54. The molecule has 10 nitrogen and oxygen atoms in total. The number of nitrogens with one attached hydrogen (secondary N) is 1. The topological polar surface area (TPSA) is 117 Å². The number of benzene rings is 2. The molecule has 2 aromatic carbocycles. The van der Waals surface area contributed by atoms with E-state index in [1.807, 2.05) is 49.4 Å². The molecule has 0 radical (unpaired) electrons. The third-order valence-corrected chi connectivity index (χ3v) is 10.1. The van der Waals surface area contributed by atoms with Crippen molar-refractivity contribution in [1.29, 1.82) is 0 Å². The number of esters is 1. The first-order valence-electron chi connectivity index (χ1n) is 15.3. The number of ether oxygens (including phenoxy) is 1. The number of unbranched alkanes of at least 4 members (excludes halogenated alkanes) is 3. The number of rotatable bonds is 15. The van der Waals surface area contributed by atoms with E-state index in [4.69, 9.17) is 4.74 Å². The first kappa shape index (κ1) is 32.7. The maximum atomic E-state index is 11.9. The van der Waals surface area contributed by atoms with Crippen LogP contribution in [-0.2, 0) is 9.53 Å². The number of aryl methyl sites for hydroxylation is 2. The maximum Gasteiger partial charge on any atom is 0.316 e. The Labute approximate surface area is 276 Å². The molecule has 4 aromatic rings. The van der Waals surface area contributed by atoms with Crippen LogP contribution < -0.4 is 10.2 Å². The van der Waals surface area contributed by atoms with Crippen molar-refractivity contribution in [2.75, 3.05) is 35.7 Å². The highest BCUT2D eigenvalue weighted by Gasteiger charge is 2.14. The van der Waals surface area contributed by atoms with E-state index in [9.17, 15) is 4.79 Å². The molecule has 0 amide bonds. The molecule has 236 valence electrons. The highest BCUT2D eigenvalue weighted by Crippen LogP contribution is 2.36. The van der Waals surface area contributed by atoms with Crippen molar-refractivity contribution < 1.29 is 9.53 Å². The van der Waals surface area contributed by atoms with Gasteiger partial charge in [-0.15, -0.1) is 30.7 Å². The average molecular weight is 663 g/mol. The quantitative estimate of drug-likeness (QED) is 0.0582. The number of thioether (sulfide) groups is 1. The minimum atomic E-state index is -0.240. The predicted octanol–water partition coefficient (Wildman–Crippen LogP) is 10.6. The van der Waals surface area contributed by atoms with Gasteiger partial charge in [-0.3, -0.25) is 4.79 Å². The van der Waals surface area contributed by atoms with Crippen LogP contribution in [-0.4, -0.2) is 41.6 Å². The molecule has 0 saturated carbocycles. The molecule has 0 bridgehead atoms. The zero-order valence-corrected chi connectivity index (χ0v) is 28.3. The second kappa shape index (κ2) is 16.6. The van der Waals surface area contributed by atoms with Gasteiger partial charge in [0, 0.05) is 24.5 Å². The smallest absolute Gasteiger partial charge is 0.316 e. The molecule has 0 atom stereocenters. The lowest BCUT2D eigenvalue weighted by Gasteiger charge is -2.13. The van der Waals surface area contributed by atoms with Gasteiger partial charge in [0.1, 0.15) is 5.00 Å². The van der Waals surface area contributed by atoms with Crippen LogP contribution >= 0.6 is 34.4 Å². The van der Waals surface area contributed by atoms with Crippen molar-refractivity contribution in [1.82, 2.24) is 10.2 Å². The zero-order valence-electron chi connectivity index (χ0n) is 25.9. The molecular weight excluding hydrogens is 625 g/mol. The van der Waals surface area contributed by atoms with Crippen LogP contribution in [0.2, 0.25) is 0 Å². The number of thiophene rings is 1. The van der Waals surface area contributed by atoms with E-state index in [1.54, 1.807) is 11.3 Å². The molecule has 0 aliphatic carbocycles. The fourth-order valence-corrected chi connectivity index (χ4v) is 7.05. The Morgan fingerprint density at radius 2 is 1.80 bits per heavy atom. The van der Waals surface area contributed by atoms with E-state index >= 15 is 0 Å². The number of aromatic nitrogens is 2. The van der Waals surface area contributed by atoms with E-state index in [0.717, 1.165) is 77.7 Å². The van der Waals surface area contributed by atoms with Gasteiger partial charge in [0.2, 0.25) is 0 Å². The lowest BCUT2D eigenvalue weighted by atomic mass is 10.1. The van der Waals surface area contributed by atoms with Crippen LogP contribution in [0.15, 0.2) is 73.3 Å². The number of nitrogens with zero attached hydrogens (tertiary/aromatic N) is 7. The zero-order chi connectivity index (χ0) is 31.4. The largest absolute Gasteiger partial charge is 0.465 e. The van der Waals surface area contributed by atoms with Crippen molar-refractivity contribution in [3.63, 3.8) is 0 Å². The Balaban J connectivity index is 1.11. The van der Waals surface area contributed by atoms with Gasteiger partial charge >= 0.3 is 5.97 Å².